The number of aryl methyl sites for hydroxylation is 2. The van der Waals surface area contributed by atoms with Gasteiger partial charge in [-0.1, -0.05) is 23.4 Å². The van der Waals surface area contributed by atoms with Crippen LogP contribution in [-0.2, 0) is 13.2 Å². The van der Waals surface area contributed by atoms with Gasteiger partial charge in [-0.15, -0.1) is 0 Å². The minimum atomic E-state index is -0.187. The number of hydrogen-bond donors (Lipinski definition) is 1. The number of benzene rings is 1. The van der Waals surface area contributed by atoms with E-state index in [2.05, 4.69) is 20.4 Å². The molecule has 0 bridgehead atoms. The maximum absolute atomic E-state index is 12.8. The van der Waals surface area contributed by atoms with Crippen LogP contribution in [0, 0.1) is 13.8 Å². The molecular formula is C23H26N4O3. The number of nitrogens with zero attached hydrogens (tertiary/aromatic N) is 3. The molecule has 0 atom stereocenters. The van der Waals surface area contributed by atoms with E-state index in [-0.39, 0.29) is 5.91 Å². The van der Waals surface area contributed by atoms with E-state index in [1.54, 1.807) is 12.1 Å². The lowest BCUT2D eigenvalue weighted by Gasteiger charge is -2.16. The van der Waals surface area contributed by atoms with Gasteiger partial charge in [-0.25, -0.2) is 4.98 Å². The lowest BCUT2D eigenvalue weighted by molar-refractivity contribution is 0.0946. The minimum absolute atomic E-state index is 0.187. The van der Waals surface area contributed by atoms with Crippen LogP contribution in [0.1, 0.15) is 45.8 Å². The summed E-state index contributed by atoms with van der Waals surface area (Å²) in [6, 6.07) is 11.3. The Balaban J connectivity index is 1.37. The zero-order valence-electron chi connectivity index (χ0n) is 17.4. The van der Waals surface area contributed by atoms with Crippen molar-refractivity contribution in [3.05, 3.63) is 70.7 Å². The van der Waals surface area contributed by atoms with Gasteiger partial charge in [0.2, 0.25) is 0 Å². The van der Waals surface area contributed by atoms with Crippen molar-refractivity contribution in [2.24, 2.45) is 0 Å². The predicted molar refractivity (Wildman–Crippen MR) is 114 cm³/mol. The third-order valence-corrected chi connectivity index (χ3v) is 5.38. The van der Waals surface area contributed by atoms with Gasteiger partial charge in [0, 0.05) is 25.8 Å². The molecule has 7 heteroatoms. The lowest BCUT2D eigenvalue weighted by Crippen LogP contribution is -2.24. The van der Waals surface area contributed by atoms with Gasteiger partial charge in [-0.2, -0.15) is 0 Å². The summed E-state index contributed by atoms with van der Waals surface area (Å²) >= 11 is 0. The first-order valence-corrected chi connectivity index (χ1v) is 10.2. The normalized spacial score (nSPS) is 13.5. The molecule has 0 spiro atoms. The predicted octanol–water partition coefficient (Wildman–Crippen LogP) is 3.80. The zero-order chi connectivity index (χ0) is 20.9. The Labute approximate surface area is 176 Å². The minimum Gasteiger partial charge on any atom is -0.488 e. The van der Waals surface area contributed by atoms with Crippen molar-refractivity contribution in [3.8, 4) is 5.75 Å². The average Bonchev–Trinajstić information content (AvgIpc) is 3.42. The smallest absolute Gasteiger partial charge is 0.255 e. The molecule has 0 saturated carbocycles. The van der Waals surface area contributed by atoms with Crippen molar-refractivity contribution in [2.75, 3.05) is 18.0 Å². The van der Waals surface area contributed by atoms with Gasteiger partial charge >= 0.3 is 0 Å². The summed E-state index contributed by atoms with van der Waals surface area (Å²) in [5, 5.41) is 6.89. The van der Waals surface area contributed by atoms with E-state index in [1.807, 2.05) is 44.3 Å². The Morgan fingerprint density at radius 1 is 1.17 bits per heavy atom. The lowest BCUT2D eigenvalue weighted by atomic mass is 10.1. The van der Waals surface area contributed by atoms with Crippen LogP contribution in [0.5, 0.6) is 5.75 Å². The summed E-state index contributed by atoms with van der Waals surface area (Å²) in [5.74, 6) is 2.06. The SMILES string of the molecule is Cc1noc(C)c1COc1ccccc1C(=O)NCc1ccc(N2CCCC2)nc1. The van der Waals surface area contributed by atoms with Crippen LogP contribution in [-0.4, -0.2) is 29.1 Å². The van der Waals surface area contributed by atoms with Crippen LogP contribution >= 0.6 is 0 Å². The fraction of sp³-hybridized carbons (Fsp3) is 0.348. The van der Waals surface area contributed by atoms with E-state index in [0.717, 1.165) is 41.5 Å². The van der Waals surface area contributed by atoms with Crippen LogP contribution in [0.4, 0.5) is 5.82 Å². The number of nitrogens with one attached hydrogen (secondary N) is 1. The molecule has 30 heavy (non-hydrogen) atoms. The van der Waals surface area contributed by atoms with Crippen molar-refractivity contribution < 1.29 is 14.1 Å². The van der Waals surface area contributed by atoms with Gasteiger partial charge in [-0.05, 0) is 50.5 Å². The molecule has 1 N–H and O–H groups in total. The van der Waals surface area contributed by atoms with E-state index < -0.39 is 0 Å². The van der Waals surface area contributed by atoms with Gasteiger partial charge in [0.05, 0.1) is 16.8 Å². The highest BCUT2D eigenvalue weighted by Crippen LogP contribution is 2.22. The Morgan fingerprint density at radius 2 is 1.97 bits per heavy atom. The van der Waals surface area contributed by atoms with Crippen LogP contribution in [0.3, 0.4) is 0 Å². The van der Waals surface area contributed by atoms with E-state index in [4.69, 9.17) is 9.26 Å². The summed E-state index contributed by atoms with van der Waals surface area (Å²) in [5.41, 5.74) is 3.14. The number of rotatable bonds is 7. The number of ether oxygens (including phenoxy) is 1. The molecule has 7 nitrogen and oxygen atoms in total. The highest BCUT2D eigenvalue weighted by molar-refractivity contribution is 5.96. The largest absolute Gasteiger partial charge is 0.488 e. The number of aromatic nitrogens is 2. The molecule has 1 aliphatic rings. The molecule has 4 rings (SSSR count). The highest BCUT2D eigenvalue weighted by Gasteiger charge is 2.16. The molecule has 1 amide bonds. The van der Waals surface area contributed by atoms with E-state index in [1.165, 1.54) is 12.8 Å². The Bertz CT molecular complexity index is 988. The summed E-state index contributed by atoms with van der Waals surface area (Å²) in [6.07, 6.45) is 4.27. The molecule has 1 aromatic carbocycles. The van der Waals surface area contributed by atoms with Gasteiger partial charge in [0.1, 0.15) is 23.9 Å². The van der Waals surface area contributed by atoms with Crippen molar-refractivity contribution in [3.63, 3.8) is 0 Å². The second-order valence-corrected chi connectivity index (χ2v) is 7.49. The summed E-state index contributed by atoms with van der Waals surface area (Å²) < 4.78 is 11.1. The van der Waals surface area contributed by atoms with E-state index in [0.29, 0.717) is 24.5 Å². The topological polar surface area (TPSA) is 80.5 Å². The summed E-state index contributed by atoms with van der Waals surface area (Å²) in [7, 11) is 0. The van der Waals surface area contributed by atoms with Crippen molar-refractivity contribution in [1.82, 2.24) is 15.5 Å². The Hall–Kier alpha value is -3.35. The fourth-order valence-electron chi connectivity index (χ4n) is 3.57. The number of anilines is 1. The number of carbonyl (C=O) groups excluding carboxylic acids is 1. The summed E-state index contributed by atoms with van der Waals surface area (Å²) in [6.45, 7) is 6.55. The first-order chi connectivity index (χ1) is 14.6. The molecule has 2 aromatic heterocycles. The van der Waals surface area contributed by atoms with Crippen LogP contribution < -0.4 is 15.0 Å². The number of amides is 1. The molecule has 1 aliphatic heterocycles. The van der Waals surface area contributed by atoms with Gasteiger partial charge in [0.25, 0.3) is 5.91 Å². The number of para-hydroxylation sites is 1. The molecule has 156 valence electrons. The maximum Gasteiger partial charge on any atom is 0.255 e. The summed E-state index contributed by atoms with van der Waals surface area (Å²) in [4.78, 5) is 19.6. The zero-order valence-corrected chi connectivity index (χ0v) is 17.4. The quantitative estimate of drug-likeness (QED) is 0.643. The third-order valence-electron chi connectivity index (χ3n) is 5.38. The number of carbonyl (C=O) groups is 1. The molecule has 1 fully saturated rings. The molecule has 3 aromatic rings. The molecule has 0 radical (unpaired) electrons. The Morgan fingerprint density at radius 3 is 2.67 bits per heavy atom. The molecular weight excluding hydrogens is 380 g/mol. The standard InChI is InChI=1S/C23H26N4O3/c1-16-20(17(2)30-26-16)15-29-21-8-4-3-7-19(21)23(28)25-14-18-9-10-22(24-13-18)27-11-5-6-12-27/h3-4,7-10,13H,5-6,11-12,14-15H2,1-2H3,(H,25,28). The van der Waals surface area contributed by atoms with E-state index in [9.17, 15) is 4.79 Å². The second-order valence-electron chi connectivity index (χ2n) is 7.49. The van der Waals surface area contributed by atoms with Gasteiger partial charge in [-0.3, -0.25) is 4.79 Å². The molecule has 3 heterocycles. The van der Waals surface area contributed by atoms with Crippen LogP contribution in [0.25, 0.3) is 0 Å². The number of hydrogen-bond acceptors (Lipinski definition) is 6. The van der Waals surface area contributed by atoms with Crippen LogP contribution in [0.2, 0.25) is 0 Å². The molecule has 0 unspecified atom stereocenters. The monoisotopic (exact) mass is 406 g/mol. The highest BCUT2D eigenvalue weighted by atomic mass is 16.5. The molecule has 1 saturated heterocycles. The average molecular weight is 406 g/mol. The van der Waals surface area contributed by atoms with Gasteiger partial charge < -0.3 is 19.5 Å². The first-order valence-electron chi connectivity index (χ1n) is 10.2. The van der Waals surface area contributed by atoms with Crippen molar-refractivity contribution in [2.45, 2.75) is 39.8 Å². The van der Waals surface area contributed by atoms with Crippen LogP contribution in [0.15, 0.2) is 47.1 Å². The molecule has 0 aliphatic carbocycles. The van der Waals surface area contributed by atoms with Crippen molar-refractivity contribution >= 4 is 11.7 Å². The Kier molecular flexibility index (Phi) is 5.97. The second kappa shape index (κ2) is 8.98. The van der Waals surface area contributed by atoms with Gasteiger partial charge in [0.15, 0.2) is 0 Å². The maximum atomic E-state index is 12.8. The number of pyridine rings is 1. The van der Waals surface area contributed by atoms with E-state index >= 15 is 0 Å². The fourth-order valence-corrected chi connectivity index (χ4v) is 3.57. The third kappa shape index (κ3) is 4.45. The first kappa shape index (κ1) is 19.9. The van der Waals surface area contributed by atoms with Crippen molar-refractivity contribution in [1.29, 1.82) is 0 Å².